The lowest BCUT2D eigenvalue weighted by molar-refractivity contribution is -0.384. The number of nitro benzene ring substituents is 1. The van der Waals surface area contributed by atoms with Crippen LogP contribution in [0.2, 0.25) is 0 Å². The summed E-state index contributed by atoms with van der Waals surface area (Å²) in [6.07, 6.45) is 5.27. The van der Waals surface area contributed by atoms with Gasteiger partial charge in [0.1, 0.15) is 11.4 Å². The van der Waals surface area contributed by atoms with E-state index in [1.807, 2.05) is 30.8 Å². The van der Waals surface area contributed by atoms with E-state index in [9.17, 15) is 14.9 Å². The summed E-state index contributed by atoms with van der Waals surface area (Å²) in [7, 11) is 7.16. The third kappa shape index (κ3) is 5.41. The Bertz CT molecular complexity index is 1160. The van der Waals surface area contributed by atoms with Crippen molar-refractivity contribution in [2.45, 2.75) is 6.92 Å². The van der Waals surface area contributed by atoms with Crippen molar-refractivity contribution in [1.82, 2.24) is 24.6 Å². The molecule has 0 spiro atoms. The van der Waals surface area contributed by atoms with Crippen LogP contribution in [0.15, 0.2) is 30.7 Å². The maximum Gasteiger partial charge on any atom is 0.294 e. The van der Waals surface area contributed by atoms with Crippen LogP contribution in [-0.4, -0.2) is 77.2 Å². The predicted octanol–water partition coefficient (Wildman–Crippen LogP) is 2.44. The van der Waals surface area contributed by atoms with Gasteiger partial charge in [0.25, 0.3) is 5.69 Å². The standard InChI is InChI=1S/C21H26N8O4/c1-14-10-22-21(25-20(14)28-12-15(13-30)11-23-28)24-16-8-18(29(31)32)17(9-19(16)33-5)27(4)7-6-26(2)3/h8-13H,6-7H2,1-5H3,(H,22,24,25). The molecule has 0 aliphatic rings. The van der Waals surface area contributed by atoms with E-state index in [-0.39, 0.29) is 11.6 Å². The molecule has 0 unspecified atom stereocenters. The molecular weight excluding hydrogens is 428 g/mol. The highest BCUT2D eigenvalue weighted by molar-refractivity contribution is 5.77. The van der Waals surface area contributed by atoms with Gasteiger partial charge in [-0.2, -0.15) is 10.1 Å². The van der Waals surface area contributed by atoms with Gasteiger partial charge in [0.15, 0.2) is 12.1 Å². The summed E-state index contributed by atoms with van der Waals surface area (Å²) in [5, 5.41) is 19.0. The summed E-state index contributed by atoms with van der Waals surface area (Å²) in [6, 6.07) is 3.02. The van der Waals surface area contributed by atoms with Crippen molar-refractivity contribution in [3.8, 4) is 11.6 Å². The number of carbonyl (C=O) groups is 1. The topological polar surface area (TPSA) is 132 Å². The number of aromatic nitrogens is 4. The first-order valence-corrected chi connectivity index (χ1v) is 10.1. The Kier molecular flexibility index (Phi) is 7.18. The molecule has 0 amide bonds. The number of rotatable bonds is 10. The van der Waals surface area contributed by atoms with Gasteiger partial charge in [-0.25, -0.2) is 9.67 Å². The van der Waals surface area contributed by atoms with E-state index < -0.39 is 4.92 Å². The zero-order valence-electron chi connectivity index (χ0n) is 19.1. The largest absolute Gasteiger partial charge is 0.494 e. The average Bonchev–Trinajstić information content (AvgIpc) is 3.27. The monoisotopic (exact) mass is 454 g/mol. The summed E-state index contributed by atoms with van der Waals surface area (Å²) in [6.45, 7) is 3.14. The number of ether oxygens (including phenoxy) is 1. The van der Waals surface area contributed by atoms with Gasteiger partial charge in [-0.05, 0) is 21.0 Å². The number of nitro groups is 1. The number of carbonyl (C=O) groups excluding carboxylic acids is 1. The smallest absolute Gasteiger partial charge is 0.294 e. The number of methoxy groups -OCH3 is 1. The second kappa shape index (κ2) is 10.0. The Morgan fingerprint density at radius 3 is 2.61 bits per heavy atom. The van der Waals surface area contributed by atoms with E-state index in [0.717, 1.165) is 12.1 Å². The SMILES string of the molecule is COc1cc(N(C)CCN(C)C)c([N+](=O)[O-])cc1Nc1ncc(C)c(-n2cc(C=O)cn2)n1. The zero-order valence-corrected chi connectivity index (χ0v) is 19.1. The molecule has 0 saturated carbocycles. The van der Waals surface area contributed by atoms with Crippen LogP contribution >= 0.6 is 0 Å². The summed E-state index contributed by atoms with van der Waals surface area (Å²) < 4.78 is 6.96. The lowest BCUT2D eigenvalue weighted by atomic mass is 10.2. The minimum atomic E-state index is -0.432. The number of hydrogen-bond donors (Lipinski definition) is 1. The molecule has 3 aromatic rings. The lowest BCUT2D eigenvalue weighted by Gasteiger charge is -2.22. The normalized spacial score (nSPS) is 10.8. The van der Waals surface area contributed by atoms with E-state index in [1.54, 1.807) is 25.5 Å². The molecule has 12 nitrogen and oxygen atoms in total. The van der Waals surface area contributed by atoms with Crippen LogP contribution in [0.4, 0.5) is 23.0 Å². The van der Waals surface area contributed by atoms with E-state index in [1.165, 1.54) is 24.1 Å². The highest BCUT2D eigenvalue weighted by Crippen LogP contribution is 2.38. The number of likely N-dealkylation sites (N-methyl/N-ethyl adjacent to an activating group) is 2. The van der Waals surface area contributed by atoms with Gasteiger partial charge in [0, 0.05) is 50.2 Å². The van der Waals surface area contributed by atoms with Gasteiger partial charge in [0.2, 0.25) is 5.95 Å². The van der Waals surface area contributed by atoms with E-state index in [0.29, 0.717) is 41.3 Å². The summed E-state index contributed by atoms with van der Waals surface area (Å²) in [4.78, 5) is 34.9. The Balaban J connectivity index is 1.98. The minimum absolute atomic E-state index is 0.0745. The number of aryl methyl sites for hydroxylation is 1. The van der Waals surface area contributed by atoms with Crippen LogP contribution in [0.25, 0.3) is 5.82 Å². The molecule has 0 aliphatic carbocycles. The Morgan fingerprint density at radius 2 is 2.00 bits per heavy atom. The summed E-state index contributed by atoms with van der Waals surface area (Å²) in [5.74, 6) is 1.06. The number of nitrogens with one attached hydrogen (secondary N) is 1. The molecule has 0 saturated heterocycles. The van der Waals surface area contributed by atoms with Gasteiger partial charge in [-0.1, -0.05) is 0 Å². The lowest BCUT2D eigenvalue weighted by Crippen LogP contribution is -2.29. The number of anilines is 3. The molecule has 0 fully saturated rings. The van der Waals surface area contributed by atoms with Gasteiger partial charge in [0.05, 0.1) is 29.5 Å². The molecule has 0 atom stereocenters. The van der Waals surface area contributed by atoms with Crippen LogP contribution in [-0.2, 0) is 0 Å². The first-order chi connectivity index (χ1) is 15.7. The van der Waals surface area contributed by atoms with Crippen molar-refractivity contribution in [1.29, 1.82) is 0 Å². The summed E-state index contributed by atoms with van der Waals surface area (Å²) >= 11 is 0. The molecule has 2 aromatic heterocycles. The average molecular weight is 454 g/mol. The van der Waals surface area contributed by atoms with Crippen LogP contribution in [0, 0.1) is 17.0 Å². The first-order valence-electron chi connectivity index (χ1n) is 10.1. The second-order valence-electron chi connectivity index (χ2n) is 7.68. The molecule has 0 aliphatic heterocycles. The minimum Gasteiger partial charge on any atom is -0.494 e. The molecule has 1 aromatic carbocycles. The van der Waals surface area contributed by atoms with Crippen molar-refractivity contribution in [3.05, 3.63) is 52.0 Å². The van der Waals surface area contributed by atoms with Crippen molar-refractivity contribution in [2.24, 2.45) is 0 Å². The first kappa shape index (κ1) is 23.6. The molecule has 174 valence electrons. The van der Waals surface area contributed by atoms with E-state index >= 15 is 0 Å². The van der Waals surface area contributed by atoms with Gasteiger partial charge >= 0.3 is 0 Å². The third-order valence-electron chi connectivity index (χ3n) is 4.93. The molecule has 0 radical (unpaired) electrons. The Morgan fingerprint density at radius 1 is 1.24 bits per heavy atom. The van der Waals surface area contributed by atoms with Gasteiger partial charge in [-0.3, -0.25) is 14.9 Å². The molecular formula is C21H26N8O4. The number of benzene rings is 1. The maximum absolute atomic E-state index is 11.8. The quantitative estimate of drug-likeness (QED) is 0.277. The number of nitrogens with zero attached hydrogens (tertiary/aromatic N) is 7. The van der Waals surface area contributed by atoms with Crippen molar-refractivity contribution >= 4 is 29.3 Å². The van der Waals surface area contributed by atoms with Crippen LogP contribution in [0.5, 0.6) is 5.75 Å². The summed E-state index contributed by atoms with van der Waals surface area (Å²) in [5.41, 5.74) is 1.85. The third-order valence-corrected chi connectivity index (χ3v) is 4.93. The molecule has 2 heterocycles. The van der Waals surface area contributed by atoms with Gasteiger partial charge in [-0.15, -0.1) is 0 Å². The zero-order chi connectivity index (χ0) is 24.1. The van der Waals surface area contributed by atoms with E-state index in [4.69, 9.17) is 4.74 Å². The highest BCUT2D eigenvalue weighted by atomic mass is 16.6. The van der Waals surface area contributed by atoms with Crippen LogP contribution in [0.3, 0.4) is 0 Å². The molecule has 3 rings (SSSR count). The van der Waals surface area contributed by atoms with Gasteiger partial charge < -0.3 is 19.9 Å². The Hall–Kier alpha value is -4.06. The fourth-order valence-electron chi connectivity index (χ4n) is 3.11. The fourth-order valence-corrected chi connectivity index (χ4v) is 3.11. The molecule has 33 heavy (non-hydrogen) atoms. The number of hydrogen-bond acceptors (Lipinski definition) is 10. The molecule has 1 N–H and O–H groups in total. The maximum atomic E-state index is 11.8. The number of aldehydes is 1. The fraction of sp³-hybridized carbons (Fsp3) is 0.333. The van der Waals surface area contributed by atoms with E-state index in [2.05, 4.69) is 20.4 Å². The molecule has 12 heteroatoms. The van der Waals surface area contributed by atoms with Crippen molar-refractivity contribution in [2.75, 3.05) is 51.6 Å². The molecule has 0 bridgehead atoms. The second-order valence-corrected chi connectivity index (χ2v) is 7.68. The predicted molar refractivity (Wildman–Crippen MR) is 124 cm³/mol. The van der Waals surface area contributed by atoms with Crippen molar-refractivity contribution < 1.29 is 14.5 Å². The van der Waals surface area contributed by atoms with Crippen LogP contribution < -0.4 is 15.0 Å². The highest BCUT2D eigenvalue weighted by Gasteiger charge is 2.22. The van der Waals surface area contributed by atoms with Crippen molar-refractivity contribution in [3.63, 3.8) is 0 Å². The van der Waals surface area contributed by atoms with Crippen LogP contribution in [0.1, 0.15) is 15.9 Å². The Labute approximate surface area is 191 Å².